The summed E-state index contributed by atoms with van der Waals surface area (Å²) in [5, 5.41) is 5.94. The number of fused-ring (bicyclic) bond motifs is 1. The quantitative estimate of drug-likeness (QED) is 0.745. The van der Waals surface area contributed by atoms with Gasteiger partial charge in [0.15, 0.2) is 5.65 Å². The zero-order valence-corrected chi connectivity index (χ0v) is 12.9. The van der Waals surface area contributed by atoms with Gasteiger partial charge in [-0.3, -0.25) is 4.68 Å². The topological polar surface area (TPSA) is 46.8 Å². The average molecular weight is 302 g/mol. The second kappa shape index (κ2) is 5.33. The predicted octanol–water partition coefficient (Wildman–Crippen LogP) is 3.21. The largest absolute Gasteiger partial charge is 0.352 e. The maximum absolute atomic E-state index is 5.95. The van der Waals surface area contributed by atoms with Crippen LogP contribution in [0.4, 0.5) is 5.82 Å². The van der Waals surface area contributed by atoms with Gasteiger partial charge in [0, 0.05) is 19.1 Å². The molecule has 2 aromatic heterocycles. The van der Waals surface area contributed by atoms with E-state index in [1.165, 1.54) is 5.56 Å². The minimum Gasteiger partial charge on any atom is -0.352 e. The summed E-state index contributed by atoms with van der Waals surface area (Å²) < 4.78 is 1.75. The molecule has 0 N–H and O–H groups in total. The smallest absolute Gasteiger partial charge is 0.163 e. The lowest BCUT2D eigenvalue weighted by Gasteiger charge is -2.26. The Morgan fingerprint density at radius 2 is 1.90 bits per heavy atom. The van der Waals surface area contributed by atoms with Crippen LogP contribution in [0.15, 0.2) is 36.8 Å². The molecular formula is C15H16ClN5. The SMILES string of the molecule is C[C@@H](c1ccc(Cl)cc1)N(C)c1ncnc2c1cnn2C. The molecule has 0 saturated carbocycles. The number of anilines is 1. The van der Waals surface area contributed by atoms with Crippen molar-refractivity contribution in [2.45, 2.75) is 13.0 Å². The highest BCUT2D eigenvalue weighted by Crippen LogP contribution is 2.29. The molecule has 0 aliphatic carbocycles. The highest BCUT2D eigenvalue weighted by molar-refractivity contribution is 6.30. The summed E-state index contributed by atoms with van der Waals surface area (Å²) in [6, 6.07) is 8.04. The van der Waals surface area contributed by atoms with Gasteiger partial charge in [-0.1, -0.05) is 23.7 Å². The molecule has 2 heterocycles. The van der Waals surface area contributed by atoms with Gasteiger partial charge in [0.1, 0.15) is 12.1 Å². The third-order valence-corrected chi connectivity index (χ3v) is 4.03. The summed E-state index contributed by atoms with van der Waals surface area (Å²) >= 11 is 5.95. The van der Waals surface area contributed by atoms with Crippen molar-refractivity contribution in [3.63, 3.8) is 0 Å². The fraction of sp³-hybridized carbons (Fsp3) is 0.267. The van der Waals surface area contributed by atoms with Crippen molar-refractivity contribution in [1.29, 1.82) is 0 Å². The van der Waals surface area contributed by atoms with Crippen LogP contribution in [0.1, 0.15) is 18.5 Å². The maximum atomic E-state index is 5.95. The van der Waals surface area contributed by atoms with E-state index in [1.807, 2.05) is 38.4 Å². The molecule has 108 valence electrons. The van der Waals surface area contributed by atoms with Gasteiger partial charge < -0.3 is 4.90 Å². The molecule has 0 unspecified atom stereocenters. The van der Waals surface area contributed by atoms with Crippen LogP contribution in [-0.4, -0.2) is 26.8 Å². The Kier molecular flexibility index (Phi) is 3.51. The summed E-state index contributed by atoms with van der Waals surface area (Å²) in [6.45, 7) is 2.13. The predicted molar refractivity (Wildman–Crippen MR) is 84.6 cm³/mol. The molecule has 0 fully saturated rings. The van der Waals surface area contributed by atoms with E-state index in [2.05, 4.69) is 26.9 Å². The molecule has 0 aliphatic rings. The van der Waals surface area contributed by atoms with Gasteiger partial charge in [-0.2, -0.15) is 5.10 Å². The fourth-order valence-corrected chi connectivity index (χ4v) is 2.51. The average Bonchev–Trinajstić information content (AvgIpc) is 2.88. The number of nitrogens with zero attached hydrogens (tertiary/aromatic N) is 5. The van der Waals surface area contributed by atoms with Crippen LogP contribution in [0.3, 0.4) is 0 Å². The standard InChI is InChI=1S/C15H16ClN5/c1-10(11-4-6-12(16)7-5-11)20(2)14-13-8-19-21(3)15(13)18-9-17-14/h4-10H,1-3H3/t10-/m0/s1. The number of aromatic nitrogens is 4. The van der Waals surface area contributed by atoms with Crippen molar-refractivity contribution in [1.82, 2.24) is 19.7 Å². The molecule has 0 radical (unpaired) electrons. The zero-order valence-electron chi connectivity index (χ0n) is 12.2. The molecule has 6 heteroatoms. The van der Waals surface area contributed by atoms with Crippen LogP contribution in [0, 0.1) is 0 Å². The Labute approximate surface area is 128 Å². The first-order valence-electron chi connectivity index (χ1n) is 6.69. The lowest BCUT2D eigenvalue weighted by Crippen LogP contribution is -2.22. The van der Waals surface area contributed by atoms with Gasteiger partial charge >= 0.3 is 0 Å². The van der Waals surface area contributed by atoms with Gasteiger partial charge in [0.05, 0.1) is 17.6 Å². The van der Waals surface area contributed by atoms with Gasteiger partial charge in [-0.25, -0.2) is 9.97 Å². The third-order valence-electron chi connectivity index (χ3n) is 3.78. The minimum absolute atomic E-state index is 0.167. The van der Waals surface area contributed by atoms with E-state index in [0.29, 0.717) is 0 Å². The Bertz CT molecular complexity index is 765. The Morgan fingerprint density at radius 1 is 1.19 bits per heavy atom. The summed E-state index contributed by atoms with van der Waals surface area (Å²) in [7, 11) is 3.90. The summed E-state index contributed by atoms with van der Waals surface area (Å²) in [6.07, 6.45) is 3.38. The first kappa shape index (κ1) is 13.8. The van der Waals surface area contributed by atoms with Crippen LogP contribution in [0.2, 0.25) is 5.02 Å². The van der Waals surface area contributed by atoms with Gasteiger partial charge in [-0.05, 0) is 24.6 Å². The van der Waals surface area contributed by atoms with Crippen molar-refractivity contribution in [2.75, 3.05) is 11.9 Å². The monoisotopic (exact) mass is 301 g/mol. The van der Waals surface area contributed by atoms with Crippen molar-refractivity contribution in [2.24, 2.45) is 7.05 Å². The lowest BCUT2D eigenvalue weighted by molar-refractivity contribution is 0.730. The van der Waals surface area contributed by atoms with Gasteiger partial charge in [0.2, 0.25) is 0 Å². The van der Waals surface area contributed by atoms with Crippen molar-refractivity contribution in [3.05, 3.63) is 47.4 Å². The second-order valence-electron chi connectivity index (χ2n) is 5.04. The molecule has 5 nitrogen and oxygen atoms in total. The van der Waals surface area contributed by atoms with E-state index < -0.39 is 0 Å². The van der Waals surface area contributed by atoms with Gasteiger partial charge in [0.25, 0.3) is 0 Å². The van der Waals surface area contributed by atoms with E-state index in [4.69, 9.17) is 11.6 Å². The summed E-state index contributed by atoms with van der Waals surface area (Å²) in [4.78, 5) is 10.8. The second-order valence-corrected chi connectivity index (χ2v) is 5.48. The molecule has 0 bridgehead atoms. The van der Waals surface area contributed by atoms with Crippen LogP contribution in [0.5, 0.6) is 0 Å². The Balaban J connectivity index is 2.00. The molecule has 0 spiro atoms. The fourth-order valence-electron chi connectivity index (χ4n) is 2.38. The molecule has 3 aromatic rings. The van der Waals surface area contributed by atoms with Gasteiger partial charge in [-0.15, -0.1) is 0 Å². The molecular weight excluding hydrogens is 286 g/mol. The maximum Gasteiger partial charge on any atom is 0.163 e. The van der Waals surface area contributed by atoms with E-state index >= 15 is 0 Å². The van der Waals surface area contributed by atoms with E-state index in [-0.39, 0.29) is 6.04 Å². The molecule has 0 amide bonds. The van der Waals surface area contributed by atoms with Crippen LogP contribution in [0.25, 0.3) is 11.0 Å². The van der Waals surface area contributed by atoms with E-state index in [1.54, 1.807) is 17.2 Å². The van der Waals surface area contributed by atoms with E-state index in [9.17, 15) is 0 Å². The first-order chi connectivity index (χ1) is 10.1. The van der Waals surface area contributed by atoms with Crippen molar-refractivity contribution in [3.8, 4) is 0 Å². The third kappa shape index (κ3) is 2.45. The number of hydrogen-bond donors (Lipinski definition) is 0. The Morgan fingerprint density at radius 3 is 2.62 bits per heavy atom. The molecule has 0 aliphatic heterocycles. The number of aryl methyl sites for hydroxylation is 1. The number of halogens is 1. The number of hydrogen-bond acceptors (Lipinski definition) is 4. The van der Waals surface area contributed by atoms with Crippen molar-refractivity contribution >= 4 is 28.5 Å². The van der Waals surface area contributed by atoms with Crippen molar-refractivity contribution < 1.29 is 0 Å². The number of benzene rings is 1. The van der Waals surface area contributed by atoms with Crippen LogP contribution >= 0.6 is 11.6 Å². The molecule has 1 atom stereocenters. The lowest BCUT2D eigenvalue weighted by atomic mass is 10.1. The number of rotatable bonds is 3. The minimum atomic E-state index is 0.167. The van der Waals surface area contributed by atoms with E-state index in [0.717, 1.165) is 21.9 Å². The first-order valence-corrected chi connectivity index (χ1v) is 7.06. The summed E-state index contributed by atoms with van der Waals surface area (Å²) in [5.41, 5.74) is 2.01. The normalized spacial score (nSPS) is 12.6. The molecule has 1 aromatic carbocycles. The Hall–Kier alpha value is -2.14. The highest BCUT2D eigenvalue weighted by atomic mass is 35.5. The molecule has 0 saturated heterocycles. The molecule has 3 rings (SSSR count). The molecule has 21 heavy (non-hydrogen) atoms. The van der Waals surface area contributed by atoms with Crippen LogP contribution in [-0.2, 0) is 7.05 Å². The zero-order chi connectivity index (χ0) is 15.0. The summed E-state index contributed by atoms with van der Waals surface area (Å²) in [5.74, 6) is 0.871. The van der Waals surface area contributed by atoms with Crippen LogP contribution < -0.4 is 4.90 Å². The highest BCUT2D eigenvalue weighted by Gasteiger charge is 2.17.